The Bertz CT molecular complexity index is 621. The van der Waals surface area contributed by atoms with Crippen LogP contribution in [0.3, 0.4) is 0 Å². The Morgan fingerprint density at radius 1 is 1.32 bits per heavy atom. The number of sulfonamides is 1. The fourth-order valence-electron chi connectivity index (χ4n) is 2.21. The molecule has 1 aliphatic rings. The lowest BCUT2D eigenvalue weighted by molar-refractivity contribution is 0.0696. The van der Waals surface area contributed by atoms with Gasteiger partial charge in [-0.05, 0) is 37.5 Å². The van der Waals surface area contributed by atoms with Gasteiger partial charge in [-0.1, -0.05) is 11.6 Å². The van der Waals surface area contributed by atoms with Gasteiger partial charge >= 0.3 is 5.97 Å². The number of carbonyl (C=O) groups is 1. The predicted octanol–water partition coefficient (Wildman–Crippen LogP) is 2.13. The van der Waals surface area contributed by atoms with E-state index in [0.29, 0.717) is 13.1 Å². The maximum Gasteiger partial charge on any atom is 0.336 e. The van der Waals surface area contributed by atoms with Crippen molar-refractivity contribution in [3.8, 4) is 0 Å². The van der Waals surface area contributed by atoms with Crippen molar-refractivity contribution in [2.24, 2.45) is 0 Å². The van der Waals surface area contributed by atoms with Gasteiger partial charge in [0.05, 0.1) is 10.5 Å². The molecule has 0 aliphatic carbocycles. The van der Waals surface area contributed by atoms with Crippen molar-refractivity contribution < 1.29 is 18.3 Å². The van der Waals surface area contributed by atoms with Crippen LogP contribution in [0.2, 0.25) is 5.02 Å². The van der Waals surface area contributed by atoms with E-state index in [1.807, 2.05) is 0 Å². The van der Waals surface area contributed by atoms with Gasteiger partial charge in [0.1, 0.15) is 0 Å². The van der Waals surface area contributed by atoms with Gasteiger partial charge in [0, 0.05) is 18.1 Å². The van der Waals surface area contributed by atoms with E-state index in [1.54, 1.807) is 0 Å². The zero-order chi connectivity index (χ0) is 14.2. The van der Waals surface area contributed by atoms with Gasteiger partial charge < -0.3 is 5.11 Å². The number of rotatable bonds is 3. The fourth-order valence-corrected chi connectivity index (χ4v) is 4.28. The molecule has 5 nitrogen and oxygen atoms in total. The summed E-state index contributed by atoms with van der Waals surface area (Å²) in [4.78, 5) is 11.1. The van der Waals surface area contributed by atoms with Gasteiger partial charge in [0.25, 0.3) is 0 Å². The lowest BCUT2D eigenvalue weighted by atomic mass is 10.1. The minimum Gasteiger partial charge on any atom is -0.478 e. The molecule has 1 fully saturated rings. The predicted molar refractivity (Wildman–Crippen MR) is 71.1 cm³/mol. The Hall–Kier alpha value is -1.11. The van der Waals surface area contributed by atoms with E-state index in [4.69, 9.17) is 16.7 Å². The van der Waals surface area contributed by atoms with Crippen LogP contribution in [0.15, 0.2) is 17.0 Å². The smallest absolute Gasteiger partial charge is 0.336 e. The molecule has 1 aromatic carbocycles. The topological polar surface area (TPSA) is 74.7 Å². The number of hydrogen-bond donors (Lipinski definition) is 1. The van der Waals surface area contributed by atoms with Crippen molar-refractivity contribution in [1.29, 1.82) is 0 Å². The molecule has 0 radical (unpaired) electrons. The molecule has 1 saturated heterocycles. The normalized spacial score (nSPS) is 16.7. The van der Waals surface area contributed by atoms with Gasteiger partial charge in [0.15, 0.2) is 0 Å². The molecule has 0 atom stereocenters. The molecule has 0 unspecified atom stereocenters. The molecular weight excluding hydrogens is 290 g/mol. The second-order valence-corrected chi connectivity index (χ2v) is 6.84. The van der Waals surface area contributed by atoms with Crippen LogP contribution in [0, 0.1) is 6.92 Å². The van der Waals surface area contributed by atoms with Crippen molar-refractivity contribution in [2.45, 2.75) is 24.7 Å². The van der Waals surface area contributed by atoms with Crippen molar-refractivity contribution in [1.82, 2.24) is 4.31 Å². The molecule has 1 aliphatic heterocycles. The summed E-state index contributed by atoms with van der Waals surface area (Å²) in [5.41, 5.74) is 0.147. The molecule has 0 saturated carbocycles. The number of hydrogen-bond acceptors (Lipinski definition) is 3. The summed E-state index contributed by atoms with van der Waals surface area (Å²) in [6, 6.07) is 2.58. The fraction of sp³-hybridized carbons (Fsp3) is 0.417. The molecular formula is C12H14ClNO4S. The van der Waals surface area contributed by atoms with Gasteiger partial charge in [-0.25, -0.2) is 13.2 Å². The van der Waals surface area contributed by atoms with Crippen LogP contribution in [0.1, 0.15) is 28.8 Å². The molecule has 19 heavy (non-hydrogen) atoms. The summed E-state index contributed by atoms with van der Waals surface area (Å²) in [5, 5.41) is 9.19. The monoisotopic (exact) mass is 303 g/mol. The highest BCUT2D eigenvalue weighted by atomic mass is 35.5. The lowest BCUT2D eigenvalue weighted by Crippen LogP contribution is -2.28. The van der Waals surface area contributed by atoms with E-state index in [1.165, 1.54) is 23.4 Å². The highest BCUT2D eigenvalue weighted by molar-refractivity contribution is 7.89. The molecule has 1 heterocycles. The third-order valence-corrected chi connectivity index (χ3v) is 5.48. The lowest BCUT2D eigenvalue weighted by Gasteiger charge is -2.18. The first kappa shape index (κ1) is 14.3. The second-order valence-electron chi connectivity index (χ2n) is 4.49. The van der Waals surface area contributed by atoms with Crippen molar-refractivity contribution in [2.75, 3.05) is 13.1 Å². The van der Waals surface area contributed by atoms with Crippen LogP contribution in [0.5, 0.6) is 0 Å². The number of carboxylic acid groups (broad SMARTS) is 1. The quantitative estimate of drug-likeness (QED) is 0.928. The minimum atomic E-state index is -3.66. The summed E-state index contributed by atoms with van der Waals surface area (Å²) >= 11 is 5.83. The first-order valence-corrected chi connectivity index (χ1v) is 7.69. The zero-order valence-electron chi connectivity index (χ0n) is 10.4. The minimum absolute atomic E-state index is 0.0145. The summed E-state index contributed by atoms with van der Waals surface area (Å²) in [6.07, 6.45) is 1.65. The first-order valence-electron chi connectivity index (χ1n) is 5.87. The molecule has 0 amide bonds. The number of carboxylic acids is 1. The van der Waals surface area contributed by atoms with Crippen molar-refractivity contribution in [3.05, 3.63) is 28.3 Å². The van der Waals surface area contributed by atoms with Crippen LogP contribution in [0.4, 0.5) is 0 Å². The maximum atomic E-state index is 12.5. The van der Waals surface area contributed by atoms with E-state index >= 15 is 0 Å². The van der Waals surface area contributed by atoms with E-state index in [2.05, 4.69) is 0 Å². The Kier molecular flexibility index (Phi) is 3.85. The van der Waals surface area contributed by atoms with Crippen LogP contribution in [-0.2, 0) is 10.0 Å². The first-order chi connectivity index (χ1) is 8.84. The van der Waals surface area contributed by atoms with E-state index in [9.17, 15) is 13.2 Å². The number of aromatic carboxylic acids is 1. The van der Waals surface area contributed by atoms with Crippen LogP contribution in [-0.4, -0.2) is 36.9 Å². The second kappa shape index (κ2) is 5.11. The molecule has 0 bridgehead atoms. The summed E-state index contributed by atoms with van der Waals surface area (Å²) in [5.74, 6) is -1.18. The number of nitrogens with zero attached hydrogens (tertiary/aromatic N) is 1. The van der Waals surface area contributed by atoms with Crippen molar-refractivity contribution in [3.63, 3.8) is 0 Å². The number of halogens is 1. The molecule has 0 aromatic heterocycles. The summed E-state index contributed by atoms with van der Waals surface area (Å²) in [7, 11) is -3.66. The van der Waals surface area contributed by atoms with Gasteiger partial charge in [0.2, 0.25) is 10.0 Å². The van der Waals surface area contributed by atoms with Crippen LogP contribution in [0.25, 0.3) is 0 Å². The Morgan fingerprint density at radius 2 is 1.89 bits per heavy atom. The third-order valence-electron chi connectivity index (χ3n) is 3.24. The van der Waals surface area contributed by atoms with E-state index in [-0.39, 0.29) is 21.0 Å². The average molecular weight is 304 g/mol. The summed E-state index contributed by atoms with van der Waals surface area (Å²) < 4.78 is 26.3. The van der Waals surface area contributed by atoms with Gasteiger partial charge in [-0.15, -0.1) is 0 Å². The van der Waals surface area contributed by atoms with Crippen molar-refractivity contribution >= 4 is 27.6 Å². The third kappa shape index (κ3) is 2.61. The zero-order valence-corrected chi connectivity index (χ0v) is 12.0. The van der Waals surface area contributed by atoms with E-state index in [0.717, 1.165) is 12.8 Å². The Morgan fingerprint density at radius 3 is 2.42 bits per heavy atom. The SMILES string of the molecule is Cc1c(C(=O)O)cc(Cl)cc1S(=O)(=O)N1CCCC1. The largest absolute Gasteiger partial charge is 0.478 e. The number of benzene rings is 1. The molecule has 1 N–H and O–H groups in total. The molecule has 0 spiro atoms. The highest BCUT2D eigenvalue weighted by Crippen LogP contribution is 2.28. The maximum absolute atomic E-state index is 12.5. The van der Waals surface area contributed by atoms with Crippen LogP contribution >= 0.6 is 11.6 Å². The van der Waals surface area contributed by atoms with Gasteiger partial charge in [-0.3, -0.25) is 0 Å². The van der Waals surface area contributed by atoms with Crippen LogP contribution < -0.4 is 0 Å². The Labute approximate surface area is 116 Å². The summed E-state index contributed by atoms with van der Waals surface area (Å²) in [6.45, 7) is 2.43. The molecule has 7 heteroatoms. The average Bonchev–Trinajstić information content (AvgIpc) is 2.85. The molecule has 1 aromatic rings. The highest BCUT2D eigenvalue weighted by Gasteiger charge is 2.30. The molecule has 104 valence electrons. The van der Waals surface area contributed by atoms with Gasteiger partial charge in [-0.2, -0.15) is 4.31 Å². The molecule has 2 rings (SSSR count). The van der Waals surface area contributed by atoms with E-state index < -0.39 is 16.0 Å². The Balaban J connectivity index is 2.59. The standard InChI is InChI=1S/C12H14ClNO4S/c1-8-10(12(15)16)6-9(13)7-11(8)19(17,18)14-4-2-3-5-14/h6-7H,2-5H2,1H3,(H,15,16).